The van der Waals surface area contributed by atoms with E-state index in [1.807, 2.05) is 51.1 Å². The molecule has 2 heterocycles. The summed E-state index contributed by atoms with van der Waals surface area (Å²) in [6, 6.07) is 11.3. The van der Waals surface area contributed by atoms with E-state index in [9.17, 15) is 4.79 Å². The number of rotatable bonds is 6. The molecule has 0 unspecified atom stereocenters. The summed E-state index contributed by atoms with van der Waals surface area (Å²) in [6.45, 7) is 6.15. The van der Waals surface area contributed by atoms with Crippen molar-refractivity contribution in [3.05, 3.63) is 76.9 Å². The SMILES string of the molecule is Cc1ccc(C)c(OCc2cc(C(=O)N(C)[C@H](C)c3cccnc3)no2)c1. The van der Waals surface area contributed by atoms with Crippen molar-refractivity contribution in [3.63, 3.8) is 0 Å². The average Bonchev–Trinajstić information content (AvgIpc) is 3.16. The molecule has 140 valence electrons. The van der Waals surface area contributed by atoms with Gasteiger partial charge in [-0.05, 0) is 49.6 Å². The maximum absolute atomic E-state index is 12.7. The number of pyridine rings is 1. The molecule has 6 nitrogen and oxygen atoms in total. The number of nitrogens with zero attached hydrogens (tertiary/aromatic N) is 3. The van der Waals surface area contributed by atoms with Gasteiger partial charge in [-0.1, -0.05) is 23.4 Å². The van der Waals surface area contributed by atoms with Crippen molar-refractivity contribution in [2.45, 2.75) is 33.4 Å². The van der Waals surface area contributed by atoms with Crippen molar-refractivity contribution in [2.24, 2.45) is 0 Å². The van der Waals surface area contributed by atoms with Crippen LogP contribution in [0.4, 0.5) is 0 Å². The molecule has 0 N–H and O–H groups in total. The Kier molecular flexibility index (Phi) is 5.54. The molecule has 6 heteroatoms. The summed E-state index contributed by atoms with van der Waals surface area (Å²) in [5.41, 5.74) is 3.37. The lowest BCUT2D eigenvalue weighted by atomic mass is 10.1. The Balaban J connectivity index is 1.66. The summed E-state index contributed by atoms with van der Waals surface area (Å²) in [5, 5.41) is 3.90. The van der Waals surface area contributed by atoms with Gasteiger partial charge >= 0.3 is 0 Å². The van der Waals surface area contributed by atoms with Crippen LogP contribution in [-0.2, 0) is 6.61 Å². The number of amides is 1. The third kappa shape index (κ3) is 4.34. The van der Waals surface area contributed by atoms with E-state index in [-0.39, 0.29) is 24.2 Å². The van der Waals surface area contributed by atoms with Gasteiger partial charge in [-0.2, -0.15) is 0 Å². The largest absolute Gasteiger partial charge is 0.485 e. The fourth-order valence-corrected chi connectivity index (χ4v) is 2.70. The van der Waals surface area contributed by atoms with Crippen LogP contribution in [0.3, 0.4) is 0 Å². The zero-order chi connectivity index (χ0) is 19.4. The predicted octanol–water partition coefficient (Wildman–Crippen LogP) is 4.10. The first-order chi connectivity index (χ1) is 13.0. The van der Waals surface area contributed by atoms with Gasteiger partial charge in [-0.3, -0.25) is 9.78 Å². The highest BCUT2D eigenvalue weighted by molar-refractivity contribution is 5.92. The molecule has 0 saturated heterocycles. The van der Waals surface area contributed by atoms with Crippen molar-refractivity contribution in [1.29, 1.82) is 0 Å². The first-order valence-electron chi connectivity index (χ1n) is 8.78. The van der Waals surface area contributed by atoms with Crippen LogP contribution in [-0.4, -0.2) is 28.0 Å². The van der Waals surface area contributed by atoms with E-state index >= 15 is 0 Å². The van der Waals surface area contributed by atoms with Gasteiger partial charge in [0.1, 0.15) is 12.4 Å². The Bertz CT molecular complexity index is 921. The molecule has 0 fully saturated rings. The van der Waals surface area contributed by atoms with Crippen LogP contribution in [0.5, 0.6) is 5.75 Å². The molecule has 2 aromatic heterocycles. The summed E-state index contributed by atoms with van der Waals surface area (Å²) in [4.78, 5) is 18.4. The topological polar surface area (TPSA) is 68.5 Å². The normalized spacial score (nSPS) is 11.9. The minimum Gasteiger partial charge on any atom is -0.485 e. The molecule has 3 aromatic rings. The molecule has 0 aliphatic rings. The van der Waals surface area contributed by atoms with E-state index in [0.29, 0.717) is 5.76 Å². The lowest BCUT2D eigenvalue weighted by molar-refractivity contribution is 0.0731. The number of ether oxygens (including phenoxy) is 1. The molecule has 0 aliphatic carbocycles. The van der Waals surface area contributed by atoms with E-state index in [2.05, 4.69) is 10.1 Å². The molecule has 1 aromatic carbocycles. The van der Waals surface area contributed by atoms with E-state index in [4.69, 9.17) is 9.26 Å². The Morgan fingerprint density at radius 2 is 2.07 bits per heavy atom. The van der Waals surface area contributed by atoms with Crippen LogP contribution in [0.2, 0.25) is 0 Å². The average molecular weight is 365 g/mol. The van der Waals surface area contributed by atoms with Gasteiger partial charge in [-0.25, -0.2) is 0 Å². The van der Waals surface area contributed by atoms with Crippen LogP contribution in [0.15, 0.2) is 53.3 Å². The smallest absolute Gasteiger partial charge is 0.276 e. The molecule has 0 bridgehead atoms. The predicted molar refractivity (Wildman–Crippen MR) is 101 cm³/mol. The molecule has 1 atom stereocenters. The number of benzene rings is 1. The zero-order valence-corrected chi connectivity index (χ0v) is 16.0. The van der Waals surface area contributed by atoms with Crippen LogP contribution in [0, 0.1) is 13.8 Å². The number of carbonyl (C=O) groups excluding carboxylic acids is 1. The van der Waals surface area contributed by atoms with Gasteiger partial charge in [0.25, 0.3) is 5.91 Å². The zero-order valence-electron chi connectivity index (χ0n) is 16.0. The number of carbonyl (C=O) groups is 1. The van der Waals surface area contributed by atoms with Crippen molar-refractivity contribution < 1.29 is 14.1 Å². The first kappa shape index (κ1) is 18.6. The van der Waals surface area contributed by atoms with Crippen LogP contribution < -0.4 is 4.74 Å². The molecule has 27 heavy (non-hydrogen) atoms. The maximum Gasteiger partial charge on any atom is 0.276 e. The molecule has 0 radical (unpaired) electrons. The van der Waals surface area contributed by atoms with Crippen molar-refractivity contribution in [3.8, 4) is 5.75 Å². The summed E-state index contributed by atoms with van der Waals surface area (Å²) in [5.74, 6) is 1.08. The third-order valence-electron chi connectivity index (χ3n) is 4.56. The van der Waals surface area contributed by atoms with Gasteiger partial charge < -0.3 is 14.2 Å². The maximum atomic E-state index is 12.7. The van der Waals surface area contributed by atoms with Gasteiger partial charge in [0.05, 0.1) is 6.04 Å². The Labute approximate surface area is 158 Å². The second kappa shape index (κ2) is 8.03. The summed E-state index contributed by atoms with van der Waals surface area (Å²) < 4.78 is 11.1. The van der Waals surface area contributed by atoms with E-state index in [1.165, 1.54) is 0 Å². The van der Waals surface area contributed by atoms with E-state index in [1.54, 1.807) is 30.4 Å². The number of aromatic nitrogens is 2. The summed E-state index contributed by atoms with van der Waals surface area (Å²) in [7, 11) is 1.74. The lowest BCUT2D eigenvalue weighted by Gasteiger charge is -2.24. The standard InChI is InChI=1S/C21H23N3O3/c1-14-7-8-15(2)20(10-14)26-13-18-11-19(23-27-18)21(25)24(4)16(3)17-6-5-9-22-12-17/h5-12,16H,13H2,1-4H3/t16-/m1/s1. The minimum absolute atomic E-state index is 0.127. The Morgan fingerprint density at radius 1 is 1.26 bits per heavy atom. The van der Waals surface area contributed by atoms with Crippen LogP contribution in [0.1, 0.15) is 45.9 Å². The van der Waals surface area contributed by atoms with Gasteiger partial charge in [0.2, 0.25) is 0 Å². The molecule has 1 amide bonds. The third-order valence-corrected chi connectivity index (χ3v) is 4.56. The highest BCUT2D eigenvalue weighted by atomic mass is 16.5. The Morgan fingerprint density at radius 3 is 2.81 bits per heavy atom. The summed E-state index contributed by atoms with van der Waals surface area (Å²) >= 11 is 0. The minimum atomic E-state index is -0.215. The molecule has 0 saturated carbocycles. The molecule has 3 rings (SSSR count). The Hall–Kier alpha value is -3.15. The highest BCUT2D eigenvalue weighted by Crippen LogP contribution is 2.22. The van der Waals surface area contributed by atoms with Gasteiger partial charge in [-0.15, -0.1) is 0 Å². The molecule has 0 aliphatic heterocycles. The quantitative estimate of drug-likeness (QED) is 0.658. The van der Waals surface area contributed by atoms with Crippen molar-refractivity contribution in [1.82, 2.24) is 15.0 Å². The highest BCUT2D eigenvalue weighted by Gasteiger charge is 2.22. The fraction of sp³-hybridized carbons (Fsp3) is 0.286. The number of hydrogen-bond acceptors (Lipinski definition) is 5. The molecule has 0 spiro atoms. The van der Waals surface area contributed by atoms with Crippen molar-refractivity contribution in [2.75, 3.05) is 7.05 Å². The molecular weight excluding hydrogens is 342 g/mol. The monoisotopic (exact) mass is 365 g/mol. The number of hydrogen-bond donors (Lipinski definition) is 0. The molecular formula is C21H23N3O3. The second-order valence-electron chi connectivity index (χ2n) is 6.61. The van der Waals surface area contributed by atoms with Crippen LogP contribution in [0.25, 0.3) is 0 Å². The number of aryl methyl sites for hydroxylation is 2. The van der Waals surface area contributed by atoms with Gasteiger partial charge in [0, 0.05) is 25.5 Å². The van der Waals surface area contributed by atoms with E-state index < -0.39 is 0 Å². The second-order valence-corrected chi connectivity index (χ2v) is 6.61. The lowest BCUT2D eigenvalue weighted by Crippen LogP contribution is -2.29. The van der Waals surface area contributed by atoms with Crippen LogP contribution >= 0.6 is 0 Å². The fourth-order valence-electron chi connectivity index (χ4n) is 2.70. The van der Waals surface area contributed by atoms with E-state index in [0.717, 1.165) is 22.4 Å². The van der Waals surface area contributed by atoms with Gasteiger partial charge in [0.15, 0.2) is 11.5 Å². The first-order valence-corrected chi connectivity index (χ1v) is 8.78. The van der Waals surface area contributed by atoms with Crippen molar-refractivity contribution >= 4 is 5.91 Å². The summed E-state index contributed by atoms with van der Waals surface area (Å²) in [6.07, 6.45) is 3.46.